The zero-order chi connectivity index (χ0) is 14.8. The van der Waals surface area contributed by atoms with Gasteiger partial charge in [0.15, 0.2) is 0 Å². The zero-order valence-electron chi connectivity index (χ0n) is 12.0. The lowest BCUT2D eigenvalue weighted by Gasteiger charge is -2.14. The summed E-state index contributed by atoms with van der Waals surface area (Å²) in [6.45, 7) is 1.90. The Morgan fingerprint density at radius 3 is 2.95 bits per heavy atom. The molecule has 1 fully saturated rings. The van der Waals surface area contributed by atoms with E-state index in [4.69, 9.17) is 5.84 Å². The molecule has 2 aromatic rings. The van der Waals surface area contributed by atoms with Crippen LogP contribution in [0.15, 0.2) is 30.3 Å². The summed E-state index contributed by atoms with van der Waals surface area (Å²) in [5.41, 5.74) is 3.87. The number of hydrogen-bond donors (Lipinski definition) is 3. The van der Waals surface area contributed by atoms with Crippen LogP contribution in [0.2, 0.25) is 0 Å². The van der Waals surface area contributed by atoms with Gasteiger partial charge in [0.1, 0.15) is 5.82 Å². The second-order valence-electron chi connectivity index (χ2n) is 5.44. The summed E-state index contributed by atoms with van der Waals surface area (Å²) in [4.78, 5) is 19.1. The topological polar surface area (TPSA) is 83.3 Å². The van der Waals surface area contributed by atoms with Crippen LogP contribution in [-0.2, 0) is 0 Å². The maximum atomic E-state index is 12.6. The molecule has 1 aliphatic heterocycles. The summed E-state index contributed by atoms with van der Waals surface area (Å²) >= 11 is 0. The first kappa shape index (κ1) is 13.8. The van der Waals surface area contributed by atoms with E-state index in [9.17, 15) is 4.79 Å². The molecule has 0 aliphatic carbocycles. The molecule has 1 aromatic heterocycles. The zero-order valence-corrected chi connectivity index (χ0v) is 12.0. The second kappa shape index (κ2) is 5.67. The number of pyridine rings is 1. The van der Waals surface area contributed by atoms with Crippen LogP contribution in [0.1, 0.15) is 16.8 Å². The Balaban J connectivity index is 1.92. The van der Waals surface area contributed by atoms with Gasteiger partial charge in [-0.2, -0.15) is 0 Å². The van der Waals surface area contributed by atoms with Crippen molar-refractivity contribution in [3.05, 3.63) is 35.9 Å². The smallest absolute Gasteiger partial charge is 0.252 e. The van der Waals surface area contributed by atoms with Gasteiger partial charge in [0.05, 0.1) is 11.1 Å². The maximum absolute atomic E-state index is 12.6. The van der Waals surface area contributed by atoms with Crippen LogP contribution in [0.25, 0.3) is 10.9 Å². The fraction of sp³-hybridized carbons (Fsp3) is 0.333. The van der Waals surface area contributed by atoms with Gasteiger partial charge < -0.3 is 15.6 Å². The van der Waals surface area contributed by atoms with Gasteiger partial charge in [0.2, 0.25) is 0 Å². The molecule has 0 radical (unpaired) electrons. The van der Waals surface area contributed by atoms with Gasteiger partial charge in [-0.15, -0.1) is 0 Å². The fourth-order valence-corrected chi connectivity index (χ4v) is 2.75. The number of amides is 1. The lowest BCUT2D eigenvalue weighted by atomic mass is 10.1. The SMILES string of the molecule is CN1CCC(NC(=O)c2cc(NN)nc3ccccc23)C1. The number of para-hydroxylation sites is 1. The number of nitrogen functional groups attached to an aromatic ring is 1. The van der Waals surface area contributed by atoms with Gasteiger partial charge in [0, 0.05) is 18.0 Å². The summed E-state index contributed by atoms with van der Waals surface area (Å²) in [5.74, 6) is 5.85. The molecule has 0 bridgehead atoms. The minimum atomic E-state index is -0.0783. The first-order chi connectivity index (χ1) is 10.2. The summed E-state index contributed by atoms with van der Waals surface area (Å²) < 4.78 is 0. The minimum absolute atomic E-state index is 0.0783. The Morgan fingerprint density at radius 1 is 1.43 bits per heavy atom. The number of rotatable bonds is 3. The highest BCUT2D eigenvalue weighted by Gasteiger charge is 2.22. The van der Waals surface area contributed by atoms with Gasteiger partial charge in [-0.05, 0) is 32.1 Å². The van der Waals surface area contributed by atoms with E-state index >= 15 is 0 Å². The fourth-order valence-electron chi connectivity index (χ4n) is 2.75. The number of nitrogens with two attached hydrogens (primary N) is 1. The van der Waals surface area contributed by atoms with E-state index in [0.29, 0.717) is 11.4 Å². The molecular weight excluding hydrogens is 266 g/mol. The normalized spacial score (nSPS) is 18.9. The molecule has 0 saturated carbocycles. The molecule has 1 atom stereocenters. The van der Waals surface area contributed by atoms with E-state index in [1.165, 1.54) is 0 Å². The summed E-state index contributed by atoms with van der Waals surface area (Å²) in [6, 6.07) is 9.46. The molecule has 4 N–H and O–H groups in total. The molecule has 1 saturated heterocycles. The van der Waals surface area contributed by atoms with Gasteiger partial charge in [-0.1, -0.05) is 18.2 Å². The van der Waals surface area contributed by atoms with E-state index in [0.717, 1.165) is 30.4 Å². The Hall–Kier alpha value is -2.18. The van der Waals surface area contributed by atoms with Gasteiger partial charge in [-0.25, -0.2) is 10.8 Å². The average molecular weight is 285 g/mol. The second-order valence-corrected chi connectivity index (χ2v) is 5.44. The molecule has 1 unspecified atom stereocenters. The van der Waals surface area contributed by atoms with Crippen LogP contribution in [0.3, 0.4) is 0 Å². The molecule has 1 amide bonds. The highest BCUT2D eigenvalue weighted by atomic mass is 16.1. The number of likely N-dealkylation sites (tertiary alicyclic amines) is 1. The number of nitrogens with zero attached hydrogens (tertiary/aromatic N) is 2. The Morgan fingerprint density at radius 2 is 2.24 bits per heavy atom. The van der Waals surface area contributed by atoms with E-state index in [2.05, 4.69) is 27.7 Å². The molecule has 21 heavy (non-hydrogen) atoms. The number of aromatic nitrogens is 1. The Labute approximate surface area is 123 Å². The predicted octanol–water partition coefficient (Wildman–Crippen LogP) is 0.954. The number of hydrogen-bond acceptors (Lipinski definition) is 5. The lowest BCUT2D eigenvalue weighted by molar-refractivity contribution is 0.0940. The maximum Gasteiger partial charge on any atom is 0.252 e. The van der Waals surface area contributed by atoms with Crippen molar-refractivity contribution in [1.82, 2.24) is 15.2 Å². The van der Waals surface area contributed by atoms with Crippen LogP contribution in [0, 0.1) is 0 Å². The van der Waals surface area contributed by atoms with Crippen molar-refractivity contribution in [1.29, 1.82) is 0 Å². The molecule has 1 aliphatic rings. The lowest BCUT2D eigenvalue weighted by Crippen LogP contribution is -2.36. The molecule has 2 heterocycles. The predicted molar refractivity (Wildman–Crippen MR) is 82.9 cm³/mol. The first-order valence-corrected chi connectivity index (χ1v) is 7.03. The van der Waals surface area contributed by atoms with Crippen molar-refractivity contribution in [3.63, 3.8) is 0 Å². The highest BCUT2D eigenvalue weighted by Crippen LogP contribution is 2.21. The monoisotopic (exact) mass is 285 g/mol. The van der Waals surface area contributed by atoms with E-state index < -0.39 is 0 Å². The molecule has 1 aromatic carbocycles. The van der Waals surface area contributed by atoms with Crippen LogP contribution < -0.4 is 16.6 Å². The minimum Gasteiger partial charge on any atom is -0.348 e. The van der Waals surface area contributed by atoms with E-state index in [-0.39, 0.29) is 11.9 Å². The molecule has 110 valence electrons. The van der Waals surface area contributed by atoms with Crippen molar-refractivity contribution < 1.29 is 4.79 Å². The van der Waals surface area contributed by atoms with Crippen molar-refractivity contribution >= 4 is 22.6 Å². The number of carbonyl (C=O) groups excluding carboxylic acids is 1. The average Bonchev–Trinajstić information content (AvgIpc) is 2.91. The third-order valence-corrected chi connectivity index (χ3v) is 3.84. The number of hydrazine groups is 1. The van der Waals surface area contributed by atoms with Crippen LogP contribution in [-0.4, -0.2) is 42.0 Å². The van der Waals surface area contributed by atoms with Crippen LogP contribution >= 0.6 is 0 Å². The number of likely N-dealkylation sites (N-methyl/N-ethyl adjacent to an activating group) is 1. The summed E-state index contributed by atoms with van der Waals surface area (Å²) in [5, 5.41) is 3.93. The number of fused-ring (bicyclic) bond motifs is 1. The number of benzene rings is 1. The first-order valence-electron chi connectivity index (χ1n) is 7.03. The van der Waals surface area contributed by atoms with E-state index in [1.54, 1.807) is 6.07 Å². The van der Waals surface area contributed by atoms with Crippen molar-refractivity contribution in [2.24, 2.45) is 5.84 Å². The standard InChI is InChI=1S/C15H19N5O/c1-20-7-6-10(9-20)17-15(21)12-8-14(19-16)18-13-5-3-2-4-11(12)13/h2-5,8,10H,6-7,9,16H2,1H3,(H,17,21)(H,18,19). The van der Waals surface area contributed by atoms with Gasteiger partial charge in [-0.3, -0.25) is 4.79 Å². The van der Waals surface area contributed by atoms with Crippen molar-refractivity contribution in [2.75, 3.05) is 25.6 Å². The molecule has 3 rings (SSSR count). The van der Waals surface area contributed by atoms with Crippen LogP contribution in [0.5, 0.6) is 0 Å². The van der Waals surface area contributed by atoms with E-state index in [1.807, 2.05) is 24.3 Å². The van der Waals surface area contributed by atoms with Crippen molar-refractivity contribution in [2.45, 2.75) is 12.5 Å². The molecular formula is C15H19N5O. The number of carbonyl (C=O) groups is 1. The molecule has 6 heteroatoms. The van der Waals surface area contributed by atoms with Crippen LogP contribution in [0.4, 0.5) is 5.82 Å². The largest absolute Gasteiger partial charge is 0.348 e. The third-order valence-electron chi connectivity index (χ3n) is 3.84. The number of nitrogens with one attached hydrogen (secondary N) is 2. The van der Waals surface area contributed by atoms with Gasteiger partial charge in [0.25, 0.3) is 5.91 Å². The Kier molecular flexibility index (Phi) is 3.72. The Bertz CT molecular complexity index is 672. The summed E-state index contributed by atoms with van der Waals surface area (Å²) in [6.07, 6.45) is 0.979. The quantitative estimate of drug-likeness (QED) is 0.578. The van der Waals surface area contributed by atoms with Crippen molar-refractivity contribution in [3.8, 4) is 0 Å². The summed E-state index contributed by atoms with van der Waals surface area (Å²) in [7, 11) is 2.06. The molecule has 6 nitrogen and oxygen atoms in total. The van der Waals surface area contributed by atoms with Gasteiger partial charge >= 0.3 is 0 Å². The molecule has 0 spiro atoms. The number of anilines is 1. The third kappa shape index (κ3) is 2.81. The highest BCUT2D eigenvalue weighted by molar-refractivity contribution is 6.07.